The van der Waals surface area contributed by atoms with Crippen molar-refractivity contribution in [3.8, 4) is 22.3 Å². The number of benzene rings is 10. The Morgan fingerprint density at radius 2 is 0.587 bits per heavy atom. The molecule has 0 bridgehead atoms. The molecule has 2 heterocycles. The summed E-state index contributed by atoms with van der Waals surface area (Å²) < 4.78 is 0. The average molecular weight is 836 g/mol. The van der Waals surface area contributed by atoms with Crippen molar-refractivity contribution in [2.75, 3.05) is 4.90 Å². The number of hydrogen-bond acceptors (Lipinski definition) is 3. The molecule has 0 fully saturated rings. The second-order valence-corrected chi connectivity index (χ2v) is 19.3. The van der Waals surface area contributed by atoms with E-state index >= 15 is 0 Å². The van der Waals surface area contributed by atoms with E-state index in [1.807, 2.05) is 23.5 Å². The molecule has 4 aliphatic rings. The summed E-state index contributed by atoms with van der Waals surface area (Å²) in [6.45, 7) is 0. The van der Waals surface area contributed by atoms with Crippen LogP contribution in [0.2, 0.25) is 0 Å². The van der Waals surface area contributed by atoms with Gasteiger partial charge < -0.3 is 4.90 Å². The summed E-state index contributed by atoms with van der Waals surface area (Å²) in [7, 11) is 0. The fourth-order valence-electron chi connectivity index (χ4n) is 11.7. The Morgan fingerprint density at radius 1 is 0.254 bits per heavy atom. The summed E-state index contributed by atoms with van der Waals surface area (Å²) >= 11 is 3.78. The van der Waals surface area contributed by atoms with E-state index in [1.54, 1.807) is 0 Å². The molecule has 2 aliphatic carbocycles. The first-order valence-corrected chi connectivity index (χ1v) is 23.4. The molecule has 2 aliphatic heterocycles. The third-order valence-electron chi connectivity index (χ3n) is 14.2. The molecule has 0 N–H and O–H groups in total. The number of rotatable bonds is 3. The van der Waals surface area contributed by atoms with E-state index in [1.165, 1.54) is 97.1 Å². The van der Waals surface area contributed by atoms with Crippen LogP contribution in [0.5, 0.6) is 0 Å². The summed E-state index contributed by atoms with van der Waals surface area (Å²) in [5.74, 6) is 0. The van der Waals surface area contributed by atoms with Gasteiger partial charge in [0.15, 0.2) is 0 Å². The first kappa shape index (κ1) is 35.5. The Hall–Kier alpha value is -7.04. The molecule has 0 radical (unpaired) electrons. The minimum atomic E-state index is -0.423. The van der Waals surface area contributed by atoms with Gasteiger partial charge in [-0.25, -0.2) is 0 Å². The quantitative estimate of drug-likeness (QED) is 0.175. The summed E-state index contributed by atoms with van der Waals surface area (Å²) in [5, 5.41) is 2.45. The average Bonchev–Trinajstić information content (AvgIpc) is 3.79. The minimum Gasteiger partial charge on any atom is -0.310 e. The molecular formula is C60H37NS2. The topological polar surface area (TPSA) is 3.24 Å². The van der Waals surface area contributed by atoms with Crippen molar-refractivity contribution in [1.29, 1.82) is 0 Å². The van der Waals surface area contributed by atoms with Gasteiger partial charge in [-0.15, -0.1) is 0 Å². The number of anilines is 3. The molecule has 10 aromatic carbocycles. The van der Waals surface area contributed by atoms with Crippen LogP contribution in [0.1, 0.15) is 44.5 Å². The van der Waals surface area contributed by atoms with E-state index in [9.17, 15) is 0 Å². The predicted octanol–water partition coefficient (Wildman–Crippen LogP) is 16.0. The molecule has 0 amide bonds. The van der Waals surface area contributed by atoms with E-state index in [0.717, 1.165) is 17.1 Å². The van der Waals surface area contributed by atoms with Crippen LogP contribution in [-0.2, 0) is 10.8 Å². The molecular weight excluding hydrogens is 799 g/mol. The zero-order valence-electron chi connectivity index (χ0n) is 34.1. The third-order valence-corrected chi connectivity index (χ3v) is 16.5. The van der Waals surface area contributed by atoms with Crippen molar-refractivity contribution in [2.45, 2.75) is 30.4 Å². The molecule has 0 saturated carbocycles. The standard InChI is InChI=1S/C60H37NS2/c1-2-16-39-35-40(30-29-38(39)15-1)61(41-31-33-49-45(36-41)43-17-3-5-19-47(43)59(49)51-21-7-11-25-55(51)62-56-26-12-8-22-52(56)59)42-32-34-50-46(37-42)44-18-4-6-20-48(44)60(50)53-23-9-13-27-57(53)63-58-28-14-10-24-54(58)60/h1-37H. The first-order chi connectivity index (χ1) is 31.2. The molecule has 14 rings (SSSR count). The van der Waals surface area contributed by atoms with Crippen molar-refractivity contribution in [3.63, 3.8) is 0 Å². The van der Waals surface area contributed by atoms with Gasteiger partial charge in [-0.05, 0) is 138 Å². The van der Waals surface area contributed by atoms with Crippen LogP contribution in [0.4, 0.5) is 17.1 Å². The van der Waals surface area contributed by atoms with E-state index in [2.05, 4.69) is 229 Å². The zero-order chi connectivity index (χ0) is 41.3. The highest BCUT2D eigenvalue weighted by molar-refractivity contribution is 7.99. The van der Waals surface area contributed by atoms with Crippen molar-refractivity contribution < 1.29 is 0 Å². The maximum atomic E-state index is 2.49. The summed E-state index contributed by atoms with van der Waals surface area (Å²) in [6, 6.07) is 84.7. The maximum Gasteiger partial charge on any atom is 0.0735 e. The highest BCUT2D eigenvalue weighted by atomic mass is 32.2. The maximum absolute atomic E-state index is 2.49. The lowest BCUT2D eigenvalue weighted by molar-refractivity contribution is 0.722. The van der Waals surface area contributed by atoms with Crippen LogP contribution >= 0.6 is 23.5 Å². The Labute approximate surface area is 375 Å². The lowest BCUT2D eigenvalue weighted by Crippen LogP contribution is -2.32. The normalized spacial score (nSPS) is 14.8. The molecule has 10 aromatic rings. The van der Waals surface area contributed by atoms with Crippen LogP contribution in [0.3, 0.4) is 0 Å². The van der Waals surface area contributed by atoms with Gasteiger partial charge in [0.1, 0.15) is 0 Å². The van der Waals surface area contributed by atoms with E-state index < -0.39 is 10.8 Å². The second kappa shape index (κ2) is 13.2. The van der Waals surface area contributed by atoms with Gasteiger partial charge in [0.25, 0.3) is 0 Å². The van der Waals surface area contributed by atoms with Gasteiger partial charge >= 0.3 is 0 Å². The smallest absolute Gasteiger partial charge is 0.0735 e. The van der Waals surface area contributed by atoms with Crippen molar-refractivity contribution in [3.05, 3.63) is 269 Å². The lowest BCUT2D eigenvalue weighted by atomic mass is 9.67. The van der Waals surface area contributed by atoms with Crippen molar-refractivity contribution in [1.82, 2.24) is 0 Å². The fraction of sp³-hybridized carbons (Fsp3) is 0.0333. The van der Waals surface area contributed by atoms with Crippen LogP contribution in [0, 0.1) is 0 Å². The largest absolute Gasteiger partial charge is 0.310 e. The van der Waals surface area contributed by atoms with Crippen LogP contribution in [0.25, 0.3) is 33.0 Å². The number of hydrogen-bond donors (Lipinski definition) is 0. The second-order valence-electron chi connectivity index (χ2n) is 17.1. The Kier molecular flexibility index (Phi) is 7.47. The SMILES string of the molecule is c1ccc2c(c1)Sc1ccccc1C21c2ccccc2-c2cc(N(c3ccc4c(c3)-c3ccccc3C43c4ccccc4Sc4ccccc43)c3ccc4ccccc4c3)ccc21. The first-order valence-electron chi connectivity index (χ1n) is 21.7. The fourth-order valence-corrected chi connectivity index (χ4v) is 14.1. The summed E-state index contributed by atoms with van der Waals surface area (Å²) in [4.78, 5) is 7.76. The van der Waals surface area contributed by atoms with E-state index in [4.69, 9.17) is 0 Å². The zero-order valence-corrected chi connectivity index (χ0v) is 35.8. The highest BCUT2D eigenvalue weighted by Crippen LogP contribution is 2.64. The van der Waals surface area contributed by atoms with Crippen LogP contribution in [-0.4, -0.2) is 0 Å². The highest BCUT2D eigenvalue weighted by Gasteiger charge is 2.52. The Bertz CT molecular complexity index is 3280. The van der Waals surface area contributed by atoms with Crippen molar-refractivity contribution in [2.24, 2.45) is 0 Å². The Morgan fingerprint density at radius 3 is 1.05 bits per heavy atom. The van der Waals surface area contributed by atoms with Crippen molar-refractivity contribution >= 4 is 51.4 Å². The Balaban J connectivity index is 1.02. The van der Waals surface area contributed by atoms with E-state index in [-0.39, 0.29) is 0 Å². The van der Waals surface area contributed by atoms with E-state index in [0.29, 0.717) is 0 Å². The summed E-state index contributed by atoms with van der Waals surface area (Å²) in [6.07, 6.45) is 0. The number of fused-ring (bicyclic) bond motifs is 19. The molecule has 0 aromatic heterocycles. The molecule has 2 spiro atoms. The molecule has 1 nitrogen and oxygen atoms in total. The van der Waals surface area contributed by atoms with Gasteiger partial charge in [0.05, 0.1) is 10.8 Å². The minimum absolute atomic E-state index is 0.423. The molecule has 0 saturated heterocycles. The van der Waals surface area contributed by atoms with Gasteiger partial charge in [-0.3, -0.25) is 0 Å². The van der Waals surface area contributed by atoms with Gasteiger partial charge in [-0.1, -0.05) is 187 Å². The molecule has 294 valence electrons. The lowest BCUT2D eigenvalue weighted by Gasteiger charge is -2.40. The van der Waals surface area contributed by atoms with Crippen LogP contribution in [0.15, 0.2) is 244 Å². The van der Waals surface area contributed by atoms with Gasteiger partial charge in [-0.2, -0.15) is 0 Å². The predicted molar refractivity (Wildman–Crippen MR) is 261 cm³/mol. The molecule has 63 heavy (non-hydrogen) atoms. The van der Waals surface area contributed by atoms with Gasteiger partial charge in [0, 0.05) is 36.6 Å². The molecule has 3 heteroatoms. The monoisotopic (exact) mass is 835 g/mol. The molecule has 0 unspecified atom stereocenters. The molecule has 0 atom stereocenters. The number of nitrogens with zero attached hydrogens (tertiary/aromatic N) is 1. The van der Waals surface area contributed by atoms with Gasteiger partial charge in [0.2, 0.25) is 0 Å². The van der Waals surface area contributed by atoms with Crippen LogP contribution < -0.4 is 4.90 Å². The summed E-state index contributed by atoms with van der Waals surface area (Å²) in [5.41, 5.74) is 18.5. The third kappa shape index (κ3) is 4.71.